The first kappa shape index (κ1) is 12.1. The minimum atomic E-state index is -3.69. The van der Waals surface area contributed by atoms with Crippen LogP contribution in [0.15, 0.2) is 41.3 Å². The molecule has 90 valence electrons. The highest BCUT2D eigenvalue weighted by atomic mass is 32.2. The molecule has 4 heteroatoms. The Morgan fingerprint density at radius 3 is 2.35 bits per heavy atom. The molecule has 2 aromatic carbocycles. The van der Waals surface area contributed by atoms with Crippen LogP contribution in [0, 0.1) is 0 Å². The maximum Gasteiger partial charge on any atom is 0.238 e. The molecule has 0 amide bonds. The standard InChI is InChI=1S/C13H15NO2S/c1-9(2)11-7-10-5-3-4-6-12(10)13(8-11)17(14,15)16/h3-9H,1-2H3,(H2,14,15,16). The summed E-state index contributed by atoms with van der Waals surface area (Å²) in [5.74, 6) is 0.264. The molecule has 0 bridgehead atoms. The van der Waals surface area contributed by atoms with Crippen molar-refractivity contribution in [1.29, 1.82) is 0 Å². The fraction of sp³-hybridized carbons (Fsp3) is 0.231. The first-order valence-electron chi connectivity index (χ1n) is 5.45. The van der Waals surface area contributed by atoms with Gasteiger partial charge in [0.2, 0.25) is 10.0 Å². The second-order valence-electron chi connectivity index (χ2n) is 4.44. The molecule has 0 atom stereocenters. The van der Waals surface area contributed by atoms with Crippen LogP contribution in [-0.4, -0.2) is 8.42 Å². The molecule has 0 radical (unpaired) electrons. The van der Waals surface area contributed by atoms with E-state index in [9.17, 15) is 8.42 Å². The molecule has 0 fully saturated rings. The van der Waals surface area contributed by atoms with Crippen molar-refractivity contribution in [1.82, 2.24) is 0 Å². The van der Waals surface area contributed by atoms with Crippen molar-refractivity contribution < 1.29 is 8.42 Å². The number of sulfonamides is 1. The summed E-state index contributed by atoms with van der Waals surface area (Å²) < 4.78 is 23.2. The van der Waals surface area contributed by atoms with E-state index in [4.69, 9.17) is 5.14 Å². The lowest BCUT2D eigenvalue weighted by Gasteiger charge is -2.11. The van der Waals surface area contributed by atoms with Crippen LogP contribution in [0.5, 0.6) is 0 Å². The molecular weight excluding hydrogens is 234 g/mol. The van der Waals surface area contributed by atoms with Gasteiger partial charge in [-0.2, -0.15) is 0 Å². The molecule has 3 nitrogen and oxygen atoms in total. The topological polar surface area (TPSA) is 60.2 Å². The van der Waals surface area contributed by atoms with Gasteiger partial charge in [-0.25, -0.2) is 13.6 Å². The van der Waals surface area contributed by atoms with Crippen molar-refractivity contribution in [2.24, 2.45) is 5.14 Å². The van der Waals surface area contributed by atoms with E-state index < -0.39 is 10.0 Å². The zero-order valence-corrected chi connectivity index (χ0v) is 10.7. The Balaban J connectivity index is 2.88. The van der Waals surface area contributed by atoms with E-state index >= 15 is 0 Å². The number of nitrogens with two attached hydrogens (primary N) is 1. The highest BCUT2D eigenvalue weighted by Gasteiger charge is 2.14. The van der Waals surface area contributed by atoms with Crippen LogP contribution < -0.4 is 5.14 Å². The fourth-order valence-electron chi connectivity index (χ4n) is 1.87. The smallest absolute Gasteiger partial charge is 0.225 e. The van der Waals surface area contributed by atoms with Gasteiger partial charge in [-0.05, 0) is 22.9 Å². The van der Waals surface area contributed by atoms with Gasteiger partial charge in [-0.3, -0.25) is 0 Å². The van der Waals surface area contributed by atoms with E-state index in [1.54, 1.807) is 12.1 Å². The lowest BCUT2D eigenvalue weighted by atomic mass is 9.99. The second kappa shape index (κ2) is 4.13. The lowest BCUT2D eigenvalue weighted by molar-refractivity contribution is 0.598. The first-order valence-corrected chi connectivity index (χ1v) is 6.99. The third-order valence-electron chi connectivity index (χ3n) is 2.82. The van der Waals surface area contributed by atoms with E-state index in [0.717, 1.165) is 10.9 Å². The van der Waals surface area contributed by atoms with Crippen molar-refractivity contribution >= 4 is 20.8 Å². The van der Waals surface area contributed by atoms with Crippen LogP contribution in [-0.2, 0) is 10.0 Å². The summed E-state index contributed by atoms with van der Waals surface area (Å²) in [4.78, 5) is 0.208. The van der Waals surface area contributed by atoms with Crippen LogP contribution in [0.25, 0.3) is 10.8 Å². The van der Waals surface area contributed by atoms with Crippen molar-refractivity contribution in [3.05, 3.63) is 42.0 Å². The Morgan fingerprint density at radius 1 is 1.12 bits per heavy atom. The molecule has 2 rings (SSSR count). The third kappa shape index (κ3) is 2.33. The van der Waals surface area contributed by atoms with E-state index in [-0.39, 0.29) is 10.8 Å². The number of hydrogen-bond donors (Lipinski definition) is 1. The Labute approximate surface area is 101 Å². The Bertz CT molecular complexity index is 660. The number of benzene rings is 2. The highest BCUT2D eigenvalue weighted by Crippen LogP contribution is 2.27. The zero-order chi connectivity index (χ0) is 12.6. The summed E-state index contributed by atoms with van der Waals surface area (Å²) in [6, 6.07) is 11.1. The van der Waals surface area contributed by atoms with Crippen molar-refractivity contribution in [2.75, 3.05) is 0 Å². The summed E-state index contributed by atoms with van der Waals surface area (Å²) >= 11 is 0. The molecule has 0 spiro atoms. The number of fused-ring (bicyclic) bond motifs is 1. The van der Waals surface area contributed by atoms with E-state index in [1.807, 2.05) is 38.1 Å². The van der Waals surface area contributed by atoms with Gasteiger partial charge in [0.05, 0.1) is 4.90 Å². The minimum Gasteiger partial charge on any atom is -0.225 e. The number of rotatable bonds is 2. The third-order valence-corrected chi connectivity index (χ3v) is 3.77. The normalized spacial score (nSPS) is 12.2. The van der Waals surface area contributed by atoms with Gasteiger partial charge < -0.3 is 0 Å². The van der Waals surface area contributed by atoms with Crippen LogP contribution in [0.1, 0.15) is 25.3 Å². The van der Waals surface area contributed by atoms with Gasteiger partial charge in [0, 0.05) is 5.39 Å². The van der Waals surface area contributed by atoms with E-state index in [0.29, 0.717) is 5.39 Å². The monoisotopic (exact) mass is 249 g/mol. The van der Waals surface area contributed by atoms with Gasteiger partial charge in [-0.1, -0.05) is 44.2 Å². The fourth-order valence-corrected chi connectivity index (χ4v) is 2.66. The largest absolute Gasteiger partial charge is 0.238 e. The maximum atomic E-state index is 11.6. The van der Waals surface area contributed by atoms with E-state index in [2.05, 4.69) is 0 Å². The van der Waals surface area contributed by atoms with Crippen LogP contribution in [0.3, 0.4) is 0 Å². The molecule has 0 aromatic heterocycles. The minimum absolute atomic E-state index is 0.208. The summed E-state index contributed by atoms with van der Waals surface area (Å²) in [5, 5.41) is 6.85. The van der Waals surface area contributed by atoms with Crippen molar-refractivity contribution in [2.45, 2.75) is 24.7 Å². The second-order valence-corrected chi connectivity index (χ2v) is 5.97. The SMILES string of the molecule is CC(C)c1cc(S(N)(=O)=O)c2ccccc2c1. The Kier molecular flexibility index (Phi) is 2.93. The van der Waals surface area contributed by atoms with Crippen molar-refractivity contribution in [3.63, 3.8) is 0 Å². The van der Waals surface area contributed by atoms with E-state index in [1.165, 1.54) is 0 Å². The quantitative estimate of drug-likeness (QED) is 0.889. The zero-order valence-electron chi connectivity index (χ0n) is 9.84. The van der Waals surface area contributed by atoms with Crippen LogP contribution in [0.4, 0.5) is 0 Å². The molecule has 0 saturated heterocycles. The molecular formula is C13H15NO2S. The molecule has 0 unspecified atom stereocenters. The molecule has 17 heavy (non-hydrogen) atoms. The Hall–Kier alpha value is -1.39. The van der Waals surface area contributed by atoms with Gasteiger partial charge in [0.25, 0.3) is 0 Å². The van der Waals surface area contributed by atoms with Crippen molar-refractivity contribution in [3.8, 4) is 0 Å². The molecule has 2 N–H and O–H groups in total. The number of primary sulfonamides is 1. The average molecular weight is 249 g/mol. The molecule has 0 aliphatic heterocycles. The predicted octanol–water partition coefficient (Wildman–Crippen LogP) is 2.61. The molecule has 0 aliphatic carbocycles. The lowest BCUT2D eigenvalue weighted by Crippen LogP contribution is -2.13. The highest BCUT2D eigenvalue weighted by molar-refractivity contribution is 7.89. The van der Waals surface area contributed by atoms with Gasteiger partial charge in [0.15, 0.2) is 0 Å². The maximum absolute atomic E-state index is 11.6. The molecule has 2 aromatic rings. The molecule has 0 aliphatic rings. The van der Waals surface area contributed by atoms with Gasteiger partial charge in [0.1, 0.15) is 0 Å². The summed E-state index contributed by atoms with van der Waals surface area (Å²) in [5.41, 5.74) is 0.979. The molecule has 0 heterocycles. The summed E-state index contributed by atoms with van der Waals surface area (Å²) in [6.07, 6.45) is 0. The first-order chi connectivity index (χ1) is 7.89. The van der Waals surface area contributed by atoms with Crippen LogP contribution in [0.2, 0.25) is 0 Å². The average Bonchev–Trinajstić information content (AvgIpc) is 2.26. The van der Waals surface area contributed by atoms with Crippen LogP contribution >= 0.6 is 0 Å². The number of hydrogen-bond acceptors (Lipinski definition) is 2. The van der Waals surface area contributed by atoms with Gasteiger partial charge >= 0.3 is 0 Å². The summed E-state index contributed by atoms with van der Waals surface area (Å²) in [7, 11) is -3.69. The predicted molar refractivity (Wildman–Crippen MR) is 69.4 cm³/mol. The van der Waals surface area contributed by atoms with Gasteiger partial charge in [-0.15, -0.1) is 0 Å². The Morgan fingerprint density at radius 2 is 1.76 bits per heavy atom. The summed E-state index contributed by atoms with van der Waals surface area (Å²) in [6.45, 7) is 4.05. The molecule has 0 saturated carbocycles.